The molecule has 134 valence electrons. The molecule has 0 aliphatic carbocycles. The largest absolute Gasteiger partial charge is 0.493 e. The van der Waals surface area contributed by atoms with E-state index < -0.39 is 11.6 Å². The molecule has 1 fully saturated rings. The van der Waals surface area contributed by atoms with E-state index in [-0.39, 0.29) is 28.5 Å². The number of fused-ring (bicyclic) bond motifs is 1. The first kappa shape index (κ1) is 17.6. The van der Waals surface area contributed by atoms with Crippen molar-refractivity contribution in [1.29, 1.82) is 0 Å². The first-order valence-corrected chi connectivity index (χ1v) is 9.52. The van der Waals surface area contributed by atoms with E-state index in [1.165, 1.54) is 16.7 Å². The van der Waals surface area contributed by atoms with E-state index in [0.717, 1.165) is 23.6 Å². The lowest BCUT2D eigenvalue weighted by molar-refractivity contribution is 0.404. The highest BCUT2D eigenvalue weighted by molar-refractivity contribution is 8.00. The third-order valence-electron chi connectivity index (χ3n) is 4.06. The highest BCUT2D eigenvalue weighted by atomic mass is 35.5. The summed E-state index contributed by atoms with van der Waals surface area (Å²) < 4.78 is 29.6. The van der Waals surface area contributed by atoms with Crippen LogP contribution in [0.4, 0.5) is 20.2 Å². The number of halogens is 4. The molecule has 0 bridgehead atoms. The Labute approximate surface area is 161 Å². The first-order chi connectivity index (χ1) is 12.4. The second-order valence-electron chi connectivity index (χ2n) is 5.84. The number of thioether (sulfide) groups is 1. The van der Waals surface area contributed by atoms with Gasteiger partial charge in [0.05, 0.1) is 17.2 Å². The number of azo groups is 1. The van der Waals surface area contributed by atoms with E-state index in [1.54, 1.807) is 17.8 Å². The molecular formula is C17H11Cl2F2N3OS. The number of aromatic hydroxyl groups is 1. The number of benzene rings is 2. The van der Waals surface area contributed by atoms with Gasteiger partial charge in [0.2, 0.25) is 5.88 Å². The van der Waals surface area contributed by atoms with Gasteiger partial charge in [0.1, 0.15) is 5.82 Å². The van der Waals surface area contributed by atoms with Crippen molar-refractivity contribution in [3.63, 3.8) is 0 Å². The molecule has 0 atom stereocenters. The molecule has 9 heteroatoms. The molecule has 0 amide bonds. The summed E-state index contributed by atoms with van der Waals surface area (Å²) in [7, 11) is 0. The minimum atomic E-state index is -0.752. The number of nitrogens with zero attached hydrogens (tertiary/aromatic N) is 3. The van der Waals surface area contributed by atoms with Gasteiger partial charge in [-0.1, -0.05) is 23.2 Å². The summed E-state index contributed by atoms with van der Waals surface area (Å²) in [5.74, 6) is -0.285. The normalized spacial score (nSPS) is 15.1. The van der Waals surface area contributed by atoms with Crippen LogP contribution in [0.5, 0.6) is 5.88 Å². The maximum Gasteiger partial charge on any atom is 0.221 e. The number of hydrogen-bond donors (Lipinski definition) is 1. The summed E-state index contributed by atoms with van der Waals surface area (Å²) in [5, 5.41) is 19.6. The molecule has 1 N–H and O–H groups in total. The summed E-state index contributed by atoms with van der Waals surface area (Å²) in [6.07, 6.45) is 0. The number of hydrogen-bond acceptors (Lipinski definition) is 4. The topological polar surface area (TPSA) is 49.9 Å². The van der Waals surface area contributed by atoms with E-state index in [0.29, 0.717) is 15.7 Å². The van der Waals surface area contributed by atoms with E-state index in [1.807, 2.05) is 0 Å². The van der Waals surface area contributed by atoms with Gasteiger partial charge in [-0.15, -0.1) is 5.11 Å². The van der Waals surface area contributed by atoms with Gasteiger partial charge in [-0.05, 0) is 24.3 Å². The van der Waals surface area contributed by atoms with E-state index in [4.69, 9.17) is 23.2 Å². The molecule has 4 rings (SSSR count). The molecule has 3 aromatic rings. The maximum atomic E-state index is 14.4. The Kier molecular flexibility index (Phi) is 4.54. The fraction of sp³-hybridized carbons (Fsp3) is 0.176. The molecule has 0 saturated carbocycles. The van der Waals surface area contributed by atoms with E-state index >= 15 is 0 Å². The van der Waals surface area contributed by atoms with Crippen LogP contribution in [-0.4, -0.2) is 21.2 Å². The average Bonchev–Trinajstić information content (AvgIpc) is 2.75. The second kappa shape index (κ2) is 6.72. The average molecular weight is 414 g/mol. The van der Waals surface area contributed by atoms with E-state index in [2.05, 4.69) is 10.2 Å². The van der Waals surface area contributed by atoms with Gasteiger partial charge in [-0.25, -0.2) is 8.78 Å². The van der Waals surface area contributed by atoms with Crippen molar-refractivity contribution in [1.82, 2.24) is 4.57 Å². The van der Waals surface area contributed by atoms with Crippen LogP contribution < -0.4 is 0 Å². The zero-order valence-corrected chi connectivity index (χ0v) is 15.4. The standard InChI is InChI=1S/C17H11Cl2F2N3OS/c18-8-1-9(19)3-11(2-8)22-23-15-13-4-10(20)5-14(21)16(13)24(17(15)25)12-6-26-7-12/h1-5,12,25H,6-7H2. The Morgan fingerprint density at radius 2 is 1.73 bits per heavy atom. The van der Waals surface area contributed by atoms with Gasteiger partial charge in [-0.3, -0.25) is 0 Å². The van der Waals surface area contributed by atoms with Crippen LogP contribution in [0.15, 0.2) is 40.6 Å². The molecule has 1 aliphatic heterocycles. The van der Waals surface area contributed by atoms with Gasteiger partial charge in [-0.2, -0.15) is 16.9 Å². The van der Waals surface area contributed by atoms with Gasteiger partial charge in [0, 0.05) is 33.0 Å². The maximum absolute atomic E-state index is 14.4. The zero-order chi connectivity index (χ0) is 18.4. The molecule has 2 heterocycles. The van der Waals surface area contributed by atoms with Crippen LogP contribution in [-0.2, 0) is 0 Å². The molecule has 2 aromatic carbocycles. The van der Waals surface area contributed by atoms with Gasteiger partial charge >= 0.3 is 0 Å². The van der Waals surface area contributed by atoms with Crippen LogP contribution in [0, 0.1) is 11.6 Å². The Morgan fingerprint density at radius 3 is 2.35 bits per heavy atom. The van der Waals surface area contributed by atoms with Crippen molar-refractivity contribution < 1.29 is 13.9 Å². The summed E-state index contributed by atoms with van der Waals surface area (Å²) in [4.78, 5) is 0. The van der Waals surface area contributed by atoms with Crippen LogP contribution in [0.3, 0.4) is 0 Å². The molecule has 4 nitrogen and oxygen atoms in total. The SMILES string of the molecule is Oc1c(N=Nc2cc(Cl)cc(Cl)c2)c2cc(F)cc(F)c2n1C1CSC1. The summed E-state index contributed by atoms with van der Waals surface area (Å²) in [5.41, 5.74) is 0.484. The van der Waals surface area contributed by atoms with Crippen LogP contribution in [0.1, 0.15) is 6.04 Å². The van der Waals surface area contributed by atoms with Crippen molar-refractivity contribution in [2.45, 2.75) is 6.04 Å². The highest BCUT2D eigenvalue weighted by Crippen LogP contribution is 2.46. The molecule has 1 saturated heterocycles. The predicted molar refractivity (Wildman–Crippen MR) is 101 cm³/mol. The molecule has 0 spiro atoms. The molecule has 0 unspecified atom stereocenters. The molecule has 26 heavy (non-hydrogen) atoms. The quantitative estimate of drug-likeness (QED) is 0.489. The van der Waals surface area contributed by atoms with Crippen LogP contribution in [0.25, 0.3) is 10.9 Å². The number of rotatable bonds is 3. The first-order valence-electron chi connectivity index (χ1n) is 7.61. The van der Waals surface area contributed by atoms with Crippen molar-refractivity contribution >= 4 is 57.2 Å². The highest BCUT2D eigenvalue weighted by Gasteiger charge is 2.29. The minimum absolute atomic E-state index is 0.00592. The Bertz CT molecular complexity index is 1030. The fourth-order valence-electron chi connectivity index (χ4n) is 2.86. The Balaban J connectivity index is 1.89. The third-order valence-corrected chi connectivity index (χ3v) is 5.74. The van der Waals surface area contributed by atoms with Crippen molar-refractivity contribution in [2.24, 2.45) is 10.2 Å². The lowest BCUT2D eigenvalue weighted by Crippen LogP contribution is -2.22. The zero-order valence-electron chi connectivity index (χ0n) is 13.1. The van der Waals surface area contributed by atoms with E-state index in [9.17, 15) is 13.9 Å². The lowest BCUT2D eigenvalue weighted by Gasteiger charge is -2.27. The second-order valence-corrected chi connectivity index (χ2v) is 7.79. The Hall–Kier alpha value is -1.83. The third kappa shape index (κ3) is 3.04. The van der Waals surface area contributed by atoms with Crippen molar-refractivity contribution in [3.8, 4) is 5.88 Å². The predicted octanol–water partition coefficient (Wildman–Crippen LogP) is 6.64. The van der Waals surface area contributed by atoms with Crippen molar-refractivity contribution in [3.05, 3.63) is 52.0 Å². The van der Waals surface area contributed by atoms with Gasteiger partial charge < -0.3 is 9.67 Å². The Morgan fingerprint density at radius 1 is 1.04 bits per heavy atom. The number of aromatic nitrogens is 1. The minimum Gasteiger partial charge on any atom is -0.493 e. The van der Waals surface area contributed by atoms with Crippen LogP contribution >= 0.6 is 35.0 Å². The molecule has 1 aliphatic rings. The lowest BCUT2D eigenvalue weighted by atomic mass is 10.2. The van der Waals surface area contributed by atoms with Gasteiger partial charge in [0.25, 0.3) is 0 Å². The summed E-state index contributed by atoms with van der Waals surface area (Å²) in [6, 6.07) is 6.48. The smallest absolute Gasteiger partial charge is 0.221 e. The van der Waals surface area contributed by atoms with Crippen molar-refractivity contribution in [2.75, 3.05) is 11.5 Å². The summed E-state index contributed by atoms with van der Waals surface area (Å²) in [6.45, 7) is 0. The van der Waals surface area contributed by atoms with Crippen LogP contribution in [0.2, 0.25) is 10.0 Å². The summed E-state index contributed by atoms with van der Waals surface area (Å²) >= 11 is 13.5. The van der Waals surface area contributed by atoms with Gasteiger partial charge in [0.15, 0.2) is 11.5 Å². The molecular weight excluding hydrogens is 403 g/mol. The monoisotopic (exact) mass is 413 g/mol. The molecule has 0 radical (unpaired) electrons. The molecule has 1 aromatic heterocycles. The fourth-order valence-corrected chi connectivity index (χ4v) is 4.12.